The molecule has 0 bridgehead atoms. The van der Waals surface area contributed by atoms with Crippen molar-refractivity contribution in [3.05, 3.63) is 28.9 Å². The molecule has 2 amide bonds. The molecule has 2 unspecified atom stereocenters. The lowest BCUT2D eigenvalue weighted by Gasteiger charge is -2.09. The van der Waals surface area contributed by atoms with Crippen molar-refractivity contribution in [2.24, 2.45) is 11.7 Å². The van der Waals surface area contributed by atoms with Crippen LogP contribution in [0.25, 0.3) is 0 Å². The van der Waals surface area contributed by atoms with Crippen molar-refractivity contribution in [1.82, 2.24) is 0 Å². The molecular formula is C13H14N2O3S. The first-order valence-electron chi connectivity index (χ1n) is 6.22. The van der Waals surface area contributed by atoms with Gasteiger partial charge in [-0.1, -0.05) is 6.42 Å². The summed E-state index contributed by atoms with van der Waals surface area (Å²) >= 11 is 1.47. The number of rotatable bonds is 3. The fourth-order valence-electron chi connectivity index (χ4n) is 2.77. The van der Waals surface area contributed by atoms with Gasteiger partial charge in [0.2, 0.25) is 5.91 Å². The van der Waals surface area contributed by atoms with Crippen LogP contribution < -0.4 is 11.1 Å². The Hall–Kier alpha value is -1.69. The monoisotopic (exact) mass is 278 g/mol. The lowest BCUT2D eigenvalue weighted by molar-refractivity contribution is -0.116. The molecule has 0 radical (unpaired) electrons. The summed E-state index contributed by atoms with van der Waals surface area (Å²) < 4.78 is 5.07. The van der Waals surface area contributed by atoms with Gasteiger partial charge in [-0.2, -0.15) is 0 Å². The van der Waals surface area contributed by atoms with Crippen molar-refractivity contribution in [3.63, 3.8) is 0 Å². The molecule has 3 N–H and O–H groups in total. The van der Waals surface area contributed by atoms with Crippen LogP contribution >= 0.6 is 11.8 Å². The van der Waals surface area contributed by atoms with Crippen LogP contribution in [0.3, 0.4) is 0 Å². The highest BCUT2D eigenvalue weighted by atomic mass is 32.2. The van der Waals surface area contributed by atoms with E-state index in [0.717, 1.165) is 19.3 Å². The lowest BCUT2D eigenvalue weighted by atomic mass is 9.96. The van der Waals surface area contributed by atoms with E-state index in [2.05, 4.69) is 5.32 Å². The van der Waals surface area contributed by atoms with Gasteiger partial charge >= 0.3 is 0 Å². The first kappa shape index (κ1) is 12.3. The van der Waals surface area contributed by atoms with E-state index in [-0.39, 0.29) is 11.8 Å². The SMILES string of the molecule is NC(=O)C1=C(C(=O)Nc2ccco2)SC2CCCC12. The second-order valence-corrected chi connectivity index (χ2v) is 5.98. The van der Waals surface area contributed by atoms with Crippen LogP contribution in [0.4, 0.5) is 5.88 Å². The summed E-state index contributed by atoms with van der Waals surface area (Å²) in [6, 6.07) is 3.35. The molecular weight excluding hydrogens is 264 g/mol. The molecule has 0 spiro atoms. The number of hydrogen-bond acceptors (Lipinski definition) is 4. The Morgan fingerprint density at radius 1 is 1.42 bits per heavy atom. The van der Waals surface area contributed by atoms with Gasteiger partial charge in [-0.3, -0.25) is 14.9 Å². The zero-order chi connectivity index (χ0) is 13.4. The van der Waals surface area contributed by atoms with Crippen molar-refractivity contribution in [3.8, 4) is 0 Å². The smallest absolute Gasteiger partial charge is 0.264 e. The zero-order valence-corrected chi connectivity index (χ0v) is 11.0. The topological polar surface area (TPSA) is 85.3 Å². The molecule has 100 valence electrons. The second kappa shape index (κ2) is 4.77. The molecule has 2 aliphatic rings. The van der Waals surface area contributed by atoms with Gasteiger partial charge in [-0.05, 0) is 18.9 Å². The largest absolute Gasteiger partial charge is 0.449 e. The number of amides is 2. The third kappa shape index (κ3) is 2.16. The average molecular weight is 278 g/mol. The third-order valence-electron chi connectivity index (χ3n) is 3.57. The summed E-state index contributed by atoms with van der Waals surface area (Å²) in [5, 5.41) is 2.97. The number of nitrogens with two attached hydrogens (primary N) is 1. The van der Waals surface area contributed by atoms with E-state index in [4.69, 9.17) is 10.2 Å². The summed E-state index contributed by atoms with van der Waals surface area (Å²) in [5.41, 5.74) is 5.94. The van der Waals surface area contributed by atoms with E-state index in [1.54, 1.807) is 12.1 Å². The molecule has 3 rings (SSSR count). The van der Waals surface area contributed by atoms with Crippen molar-refractivity contribution < 1.29 is 14.0 Å². The van der Waals surface area contributed by atoms with Gasteiger partial charge in [0.15, 0.2) is 5.88 Å². The number of thioether (sulfide) groups is 1. The Morgan fingerprint density at radius 3 is 2.95 bits per heavy atom. The van der Waals surface area contributed by atoms with E-state index in [0.29, 0.717) is 21.6 Å². The highest BCUT2D eigenvalue weighted by molar-refractivity contribution is 8.05. The Bertz CT molecular complexity index is 550. The maximum Gasteiger partial charge on any atom is 0.264 e. The Kier molecular flexibility index (Phi) is 3.10. The number of fused-ring (bicyclic) bond motifs is 1. The van der Waals surface area contributed by atoms with Gasteiger partial charge < -0.3 is 10.2 Å². The minimum absolute atomic E-state index is 0.139. The summed E-state index contributed by atoms with van der Waals surface area (Å²) in [4.78, 5) is 24.3. The minimum Gasteiger partial charge on any atom is -0.449 e. The number of primary amides is 1. The Labute approximate surface area is 114 Å². The number of hydrogen-bond donors (Lipinski definition) is 2. The highest BCUT2D eigenvalue weighted by Gasteiger charge is 2.43. The van der Waals surface area contributed by atoms with Gasteiger partial charge in [0.05, 0.1) is 11.2 Å². The molecule has 1 aromatic heterocycles. The van der Waals surface area contributed by atoms with E-state index in [9.17, 15) is 9.59 Å². The minimum atomic E-state index is -0.480. The van der Waals surface area contributed by atoms with Crippen molar-refractivity contribution in [2.45, 2.75) is 24.5 Å². The number of carbonyl (C=O) groups excluding carboxylic acids is 2. The number of anilines is 1. The molecule has 1 aliphatic carbocycles. The zero-order valence-electron chi connectivity index (χ0n) is 10.2. The molecule has 2 atom stereocenters. The molecule has 0 saturated heterocycles. The van der Waals surface area contributed by atoms with Crippen LogP contribution in [0.15, 0.2) is 33.3 Å². The van der Waals surface area contributed by atoms with Crippen LogP contribution in [0, 0.1) is 5.92 Å². The first-order chi connectivity index (χ1) is 9.16. The number of carbonyl (C=O) groups is 2. The Morgan fingerprint density at radius 2 is 2.26 bits per heavy atom. The molecule has 5 nitrogen and oxygen atoms in total. The fraction of sp³-hybridized carbons (Fsp3) is 0.385. The van der Waals surface area contributed by atoms with Crippen LogP contribution in [-0.4, -0.2) is 17.1 Å². The molecule has 2 heterocycles. The lowest BCUT2D eigenvalue weighted by Crippen LogP contribution is -2.23. The van der Waals surface area contributed by atoms with E-state index in [1.165, 1.54) is 18.0 Å². The highest BCUT2D eigenvalue weighted by Crippen LogP contribution is 2.50. The summed E-state index contributed by atoms with van der Waals surface area (Å²) in [6.07, 6.45) is 4.54. The van der Waals surface area contributed by atoms with Crippen molar-refractivity contribution >= 4 is 29.5 Å². The van der Waals surface area contributed by atoms with E-state index >= 15 is 0 Å². The van der Waals surface area contributed by atoms with Crippen LogP contribution in [0.1, 0.15) is 19.3 Å². The van der Waals surface area contributed by atoms with Gasteiger partial charge in [0.25, 0.3) is 5.91 Å². The summed E-state index contributed by atoms with van der Waals surface area (Å²) in [5.74, 6) is -0.270. The quantitative estimate of drug-likeness (QED) is 0.884. The molecule has 1 aromatic rings. The standard InChI is InChI=1S/C13H14N2O3S/c14-12(16)10-7-3-1-4-8(7)19-11(10)13(17)15-9-5-2-6-18-9/h2,5-8H,1,3-4H2,(H2,14,16)(H,15,17). The molecule has 19 heavy (non-hydrogen) atoms. The first-order valence-corrected chi connectivity index (χ1v) is 7.10. The Balaban J connectivity index is 1.86. The van der Waals surface area contributed by atoms with Gasteiger partial charge in [0, 0.05) is 22.8 Å². The van der Waals surface area contributed by atoms with Crippen LogP contribution in [0.5, 0.6) is 0 Å². The average Bonchev–Trinajstić information content (AvgIpc) is 3.02. The summed E-state index contributed by atoms with van der Waals surface area (Å²) in [6.45, 7) is 0. The van der Waals surface area contributed by atoms with Gasteiger partial charge in [-0.15, -0.1) is 11.8 Å². The van der Waals surface area contributed by atoms with Crippen LogP contribution in [-0.2, 0) is 9.59 Å². The van der Waals surface area contributed by atoms with Crippen molar-refractivity contribution in [1.29, 1.82) is 0 Å². The predicted octanol–water partition coefficient (Wildman–Crippen LogP) is 1.87. The number of furan rings is 1. The van der Waals surface area contributed by atoms with E-state index in [1.807, 2.05) is 0 Å². The summed E-state index contributed by atoms with van der Waals surface area (Å²) in [7, 11) is 0. The third-order valence-corrected chi connectivity index (χ3v) is 5.07. The molecule has 1 saturated carbocycles. The van der Waals surface area contributed by atoms with Gasteiger partial charge in [-0.25, -0.2) is 0 Å². The predicted molar refractivity (Wildman–Crippen MR) is 72.3 cm³/mol. The van der Waals surface area contributed by atoms with Crippen LogP contribution in [0.2, 0.25) is 0 Å². The van der Waals surface area contributed by atoms with Gasteiger partial charge in [0.1, 0.15) is 0 Å². The normalized spacial score (nSPS) is 25.5. The number of nitrogens with one attached hydrogen (secondary N) is 1. The molecule has 0 aromatic carbocycles. The molecule has 1 fully saturated rings. The molecule has 1 aliphatic heterocycles. The van der Waals surface area contributed by atoms with E-state index < -0.39 is 5.91 Å². The maximum absolute atomic E-state index is 12.2. The fourth-order valence-corrected chi connectivity index (χ4v) is 4.33. The second-order valence-electron chi connectivity index (χ2n) is 4.73. The maximum atomic E-state index is 12.2. The molecule has 6 heteroatoms. The van der Waals surface area contributed by atoms with Crippen molar-refractivity contribution in [2.75, 3.05) is 5.32 Å².